The van der Waals surface area contributed by atoms with Crippen molar-refractivity contribution < 1.29 is 23.6 Å². The maximum atomic E-state index is 13.0. The van der Waals surface area contributed by atoms with Gasteiger partial charge in [0.1, 0.15) is 0 Å². The van der Waals surface area contributed by atoms with E-state index in [2.05, 4.69) is 0 Å². The predicted octanol–water partition coefficient (Wildman–Crippen LogP) is 1.50. The monoisotopic (exact) mass is 217 g/mol. The lowest BCUT2D eigenvalue weighted by atomic mass is 10.1. The SMILES string of the molecule is O=C(O)Cc1ccc([N+](=O)[O-])c(F)c1F. The molecule has 1 aromatic rings. The Kier molecular flexibility index (Phi) is 2.93. The van der Waals surface area contributed by atoms with E-state index >= 15 is 0 Å². The fourth-order valence-electron chi connectivity index (χ4n) is 1.02. The van der Waals surface area contributed by atoms with Gasteiger partial charge in [0, 0.05) is 11.6 Å². The van der Waals surface area contributed by atoms with Gasteiger partial charge in [-0.15, -0.1) is 0 Å². The van der Waals surface area contributed by atoms with Crippen LogP contribution in [0.2, 0.25) is 0 Å². The van der Waals surface area contributed by atoms with Gasteiger partial charge in [-0.1, -0.05) is 0 Å². The lowest BCUT2D eigenvalue weighted by molar-refractivity contribution is -0.387. The highest BCUT2D eigenvalue weighted by molar-refractivity contribution is 5.70. The van der Waals surface area contributed by atoms with Crippen LogP contribution in [-0.2, 0) is 11.2 Å². The number of hydrogen-bond donors (Lipinski definition) is 1. The quantitative estimate of drug-likeness (QED) is 0.614. The number of rotatable bonds is 3. The van der Waals surface area contributed by atoms with Crippen molar-refractivity contribution in [1.29, 1.82) is 0 Å². The van der Waals surface area contributed by atoms with Crippen LogP contribution in [0.4, 0.5) is 14.5 Å². The van der Waals surface area contributed by atoms with Crippen LogP contribution in [0.25, 0.3) is 0 Å². The molecule has 5 nitrogen and oxygen atoms in total. The van der Waals surface area contributed by atoms with E-state index in [0.29, 0.717) is 0 Å². The Morgan fingerprint density at radius 2 is 2.00 bits per heavy atom. The fourth-order valence-corrected chi connectivity index (χ4v) is 1.02. The van der Waals surface area contributed by atoms with Gasteiger partial charge in [0.05, 0.1) is 11.3 Å². The summed E-state index contributed by atoms with van der Waals surface area (Å²) in [6.45, 7) is 0. The molecule has 0 bridgehead atoms. The van der Waals surface area contributed by atoms with Crippen molar-refractivity contribution in [1.82, 2.24) is 0 Å². The van der Waals surface area contributed by atoms with Crippen molar-refractivity contribution in [3.05, 3.63) is 39.4 Å². The lowest BCUT2D eigenvalue weighted by Gasteiger charge is -2.01. The summed E-state index contributed by atoms with van der Waals surface area (Å²) < 4.78 is 26.0. The normalized spacial score (nSPS) is 10.0. The predicted molar refractivity (Wildman–Crippen MR) is 44.4 cm³/mol. The highest BCUT2D eigenvalue weighted by Gasteiger charge is 2.21. The Morgan fingerprint density at radius 1 is 1.40 bits per heavy atom. The van der Waals surface area contributed by atoms with Crippen LogP contribution < -0.4 is 0 Å². The van der Waals surface area contributed by atoms with Crippen molar-refractivity contribution in [2.75, 3.05) is 0 Å². The zero-order chi connectivity index (χ0) is 11.6. The van der Waals surface area contributed by atoms with Crippen LogP contribution in [0.5, 0.6) is 0 Å². The zero-order valence-electron chi connectivity index (χ0n) is 7.24. The maximum absolute atomic E-state index is 13.0. The largest absolute Gasteiger partial charge is 0.481 e. The molecule has 7 heteroatoms. The third-order valence-electron chi connectivity index (χ3n) is 1.68. The second kappa shape index (κ2) is 3.99. The third kappa shape index (κ3) is 2.25. The Labute approximate surface area is 82.1 Å². The number of halogens is 2. The number of nitro groups is 1. The number of benzene rings is 1. The molecule has 0 fully saturated rings. The molecule has 0 aliphatic rings. The van der Waals surface area contributed by atoms with Crippen molar-refractivity contribution in [2.24, 2.45) is 0 Å². The van der Waals surface area contributed by atoms with E-state index in [4.69, 9.17) is 5.11 Å². The molecule has 15 heavy (non-hydrogen) atoms. The molecule has 80 valence electrons. The molecule has 0 atom stereocenters. The van der Waals surface area contributed by atoms with Crippen molar-refractivity contribution in [2.45, 2.75) is 6.42 Å². The molecule has 1 rings (SSSR count). The van der Waals surface area contributed by atoms with Gasteiger partial charge in [-0.05, 0) is 6.07 Å². The topological polar surface area (TPSA) is 80.4 Å². The minimum absolute atomic E-state index is 0.425. The summed E-state index contributed by atoms with van der Waals surface area (Å²) in [5.41, 5.74) is -1.44. The van der Waals surface area contributed by atoms with E-state index in [0.717, 1.165) is 12.1 Å². The molecule has 0 aromatic heterocycles. The smallest absolute Gasteiger partial charge is 0.307 e. The molecule has 1 N–H and O–H groups in total. The molecule has 0 amide bonds. The highest BCUT2D eigenvalue weighted by Crippen LogP contribution is 2.22. The number of carbonyl (C=O) groups is 1. The Bertz CT molecular complexity index is 433. The minimum atomic E-state index is -1.64. The summed E-state index contributed by atoms with van der Waals surface area (Å²) in [5, 5.41) is 18.5. The van der Waals surface area contributed by atoms with E-state index in [9.17, 15) is 23.7 Å². The van der Waals surface area contributed by atoms with Crippen LogP contribution in [-0.4, -0.2) is 16.0 Å². The first-order chi connectivity index (χ1) is 6.93. The molecular formula is C8H5F2NO4. The molecule has 0 unspecified atom stereocenters. The fraction of sp³-hybridized carbons (Fsp3) is 0.125. The molecule has 0 spiro atoms. The molecule has 0 heterocycles. The summed E-state index contributed by atoms with van der Waals surface area (Å²) in [5.74, 6) is -4.48. The first kappa shape index (κ1) is 11.0. The van der Waals surface area contributed by atoms with Gasteiger partial charge in [0.25, 0.3) is 0 Å². The van der Waals surface area contributed by atoms with Gasteiger partial charge in [-0.2, -0.15) is 4.39 Å². The Hall–Kier alpha value is -2.05. The van der Waals surface area contributed by atoms with Gasteiger partial charge in [-0.25, -0.2) is 4.39 Å². The van der Waals surface area contributed by atoms with Crippen LogP contribution in [0.3, 0.4) is 0 Å². The van der Waals surface area contributed by atoms with Crippen LogP contribution >= 0.6 is 0 Å². The zero-order valence-corrected chi connectivity index (χ0v) is 7.24. The number of nitro benzene ring substituents is 1. The van der Waals surface area contributed by atoms with Gasteiger partial charge >= 0.3 is 11.7 Å². The number of aliphatic carboxylic acids is 1. The number of carboxylic acid groups (broad SMARTS) is 1. The molecular weight excluding hydrogens is 212 g/mol. The lowest BCUT2D eigenvalue weighted by Crippen LogP contribution is -2.05. The molecule has 0 aliphatic carbocycles. The molecule has 0 saturated heterocycles. The Morgan fingerprint density at radius 3 is 2.47 bits per heavy atom. The second-order valence-electron chi connectivity index (χ2n) is 2.70. The van der Waals surface area contributed by atoms with E-state index in [1.54, 1.807) is 0 Å². The summed E-state index contributed by atoms with van der Waals surface area (Å²) in [7, 11) is 0. The van der Waals surface area contributed by atoms with Crippen molar-refractivity contribution in [3.8, 4) is 0 Å². The van der Waals surface area contributed by atoms with Gasteiger partial charge in [-0.3, -0.25) is 14.9 Å². The van der Waals surface area contributed by atoms with Crippen LogP contribution in [0.15, 0.2) is 12.1 Å². The van der Waals surface area contributed by atoms with E-state index in [1.807, 2.05) is 0 Å². The van der Waals surface area contributed by atoms with Crippen molar-refractivity contribution in [3.63, 3.8) is 0 Å². The van der Waals surface area contributed by atoms with Gasteiger partial charge in [0.15, 0.2) is 5.82 Å². The summed E-state index contributed by atoms with van der Waals surface area (Å²) in [6.07, 6.45) is -0.721. The standard InChI is InChI=1S/C8H5F2NO4/c9-7-4(3-6(12)13)1-2-5(8(7)10)11(14)15/h1-2H,3H2,(H,12,13). The molecule has 0 saturated carbocycles. The number of carboxylic acids is 1. The van der Waals surface area contributed by atoms with Crippen molar-refractivity contribution >= 4 is 11.7 Å². The first-order valence-corrected chi connectivity index (χ1v) is 3.76. The Balaban J connectivity index is 3.21. The number of hydrogen-bond acceptors (Lipinski definition) is 3. The number of nitrogens with zero attached hydrogens (tertiary/aromatic N) is 1. The summed E-state index contributed by atoms with van der Waals surface area (Å²) >= 11 is 0. The average Bonchev–Trinajstić information content (AvgIpc) is 2.12. The minimum Gasteiger partial charge on any atom is -0.481 e. The average molecular weight is 217 g/mol. The van der Waals surface area contributed by atoms with Gasteiger partial charge in [0.2, 0.25) is 5.82 Å². The molecule has 1 aromatic carbocycles. The molecule has 0 aliphatic heterocycles. The van der Waals surface area contributed by atoms with Gasteiger partial charge < -0.3 is 5.11 Å². The third-order valence-corrected chi connectivity index (χ3v) is 1.68. The first-order valence-electron chi connectivity index (χ1n) is 3.76. The summed E-state index contributed by atoms with van der Waals surface area (Å²) in [6, 6.07) is 1.61. The van der Waals surface area contributed by atoms with E-state index < -0.39 is 40.2 Å². The maximum Gasteiger partial charge on any atom is 0.307 e. The van der Waals surface area contributed by atoms with E-state index in [-0.39, 0.29) is 0 Å². The van der Waals surface area contributed by atoms with E-state index in [1.165, 1.54) is 0 Å². The second-order valence-corrected chi connectivity index (χ2v) is 2.70. The summed E-state index contributed by atoms with van der Waals surface area (Å²) in [4.78, 5) is 19.3. The molecule has 0 radical (unpaired) electrons. The van der Waals surface area contributed by atoms with Crippen LogP contribution in [0.1, 0.15) is 5.56 Å². The highest BCUT2D eigenvalue weighted by atomic mass is 19.2. The van der Waals surface area contributed by atoms with Crippen LogP contribution in [0, 0.1) is 21.7 Å².